The van der Waals surface area contributed by atoms with Gasteiger partial charge in [0.15, 0.2) is 5.82 Å². The number of hydrogen-bond donors (Lipinski definition) is 1. The lowest BCUT2D eigenvalue weighted by Gasteiger charge is -1.96. The minimum Gasteiger partial charge on any atom is -0.334 e. The zero-order valence-electron chi connectivity index (χ0n) is 7.95. The number of anilines is 1. The summed E-state index contributed by atoms with van der Waals surface area (Å²) in [6.45, 7) is 1.85. The molecule has 0 aliphatic carbocycles. The molecule has 0 saturated heterocycles. The second kappa shape index (κ2) is 3.86. The van der Waals surface area contributed by atoms with E-state index in [2.05, 4.69) is 15.5 Å². The van der Waals surface area contributed by atoms with E-state index in [0.29, 0.717) is 16.9 Å². The van der Waals surface area contributed by atoms with E-state index >= 15 is 0 Å². The van der Waals surface area contributed by atoms with Crippen LogP contribution in [0.1, 0.15) is 5.69 Å². The summed E-state index contributed by atoms with van der Waals surface area (Å²) in [5.41, 5.74) is 1.23. The van der Waals surface area contributed by atoms with Crippen LogP contribution in [0.5, 0.6) is 0 Å². The molecule has 2 heterocycles. The lowest BCUT2D eigenvalue weighted by Crippen LogP contribution is -2.12. The smallest absolute Gasteiger partial charge is 0.260 e. The van der Waals surface area contributed by atoms with Gasteiger partial charge in [-0.2, -0.15) is 0 Å². The molecule has 0 aromatic carbocycles. The first-order valence-electron chi connectivity index (χ1n) is 4.29. The average molecular weight is 226 g/mol. The van der Waals surface area contributed by atoms with Crippen LogP contribution in [0.4, 0.5) is 5.82 Å². The Bertz CT molecular complexity index is 509. The van der Waals surface area contributed by atoms with Crippen LogP contribution in [0.2, 0.25) is 0 Å². The van der Waals surface area contributed by atoms with Crippen molar-refractivity contribution >= 4 is 34.4 Å². The molecule has 15 heavy (non-hydrogen) atoms. The quantitative estimate of drug-likeness (QED) is 0.790. The van der Waals surface area contributed by atoms with Crippen molar-refractivity contribution in [3.63, 3.8) is 0 Å². The number of fused-ring (bicyclic) bond motifs is 1. The lowest BCUT2D eigenvalue weighted by atomic mass is 10.3. The summed E-state index contributed by atoms with van der Waals surface area (Å²) in [4.78, 5) is 15.2. The van der Waals surface area contributed by atoms with Gasteiger partial charge in [-0.05, 0) is 19.1 Å². The molecule has 0 aliphatic rings. The number of aromatic nitrogens is 2. The van der Waals surface area contributed by atoms with Crippen molar-refractivity contribution in [2.24, 2.45) is 0 Å². The van der Waals surface area contributed by atoms with Crippen molar-refractivity contribution in [1.29, 1.82) is 0 Å². The number of aryl methyl sites for hydroxylation is 1. The Labute approximate surface area is 90.4 Å². The number of nitrogens with zero attached hydrogens (tertiary/aromatic N) is 2. The largest absolute Gasteiger partial charge is 0.334 e. The van der Waals surface area contributed by atoms with Crippen molar-refractivity contribution in [1.82, 2.24) is 10.1 Å². The van der Waals surface area contributed by atoms with Crippen LogP contribution in [0, 0.1) is 6.92 Å². The summed E-state index contributed by atoms with van der Waals surface area (Å²) in [6, 6.07) is 3.61. The molecule has 78 valence electrons. The molecule has 0 atom stereocenters. The first-order valence-corrected chi connectivity index (χ1v) is 4.83. The van der Waals surface area contributed by atoms with E-state index in [1.165, 1.54) is 0 Å². The second-order valence-corrected chi connectivity index (χ2v) is 3.29. The van der Waals surface area contributed by atoms with Gasteiger partial charge in [0, 0.05) is 5.69 Å². The van der Waals surface area contributed by atoms with Crippen LogP contribution in [-0.2, 0) is 4.79 Å². The summed E-state index contributed by atoms with van der Waals surface area (Å²) >= 11 is 5.36. The fraction of sp³-hybridized carbons (Fsp3) is 0.222. The molecule has 2 aromatic heterocycles. The Balaban J connectivity index is 2.41. The van der Waals surface area contributed by atoms with Crippen molar-refractivity contribution in [3.8, 4) is 0 Å². The summed E-state index contributed by atoms with van der Waals surface area (Å²) < 4.78 is 4.96. The molecule has 0 unspecified atom stereocenters. The maximum absolute atomic E-state index is 11.0. The summed E-state index contributed by atoms with van der Waals surface area (Å²) in [5, 5.41) is 6.88. The first-order chi connectivity index (χ1) is 7.20. The van der Waals surface area contributed by atoms with Crippen molar-refractivity contribution < 1.29 is 9.32 Å². The van der Waals surface area contributed by atoms with Crippen LogP contribution in [0.3, 0.4) is 0 Å². The Hall–Kier alpha value is -1.62. The summed E-state index contributed by atoms with van der Waals surface area (Å²) in [7, 11) is 0. The van der Waals surface area contributed by atoms with Crippen LogP contribution < -0.4 is 5.32 Å². The van der Waals surface area contributed by atoms with Crippen molar-refractivity contribution in [2.75, 3.05) is 11.2 Å². The third-order valence-corrected chi connectivity index (χ3v) is 2.10. The Morgan fingerprint density at radius 3 is 3.13 bits per heavy atom. The maximum atomic E-state index is 11.0. The molecule has 2 rings (SSSR count). The number of alkyl halides is 1. The van der Waals surface area contributed by atoms with Crippen LogP contribution >= 0.6 is 11.6 Å². The highest BCUT2D eigenvalue weighted by atomic mass is 35.5. The van der Waals surface area contributed by atoms with Gasteiger partial charge in [0.25, 0.3) is 5.71 Å². The number of carbonyl (C=O) groups is 1. The molecule has 0 fully saturated rings. The lowest BCUT2D eigenvalue weighted by molar-refractivity contribution is -0.113. The highest BCUT2D eigenvalue weighted by Crippen LogP contribution is 2.20. The Kier molecular flexibility index (Phi) is 2.55. The number of nitrogens with one attached hydrogen (secondary N) is 1. The molecule has 1 amide bonds. The van der Waals surface area contributed by atoms with E-state index in [0.717, 1.165) is 5.69 Å². The fourth-order valence-electron chi connectivity index (χ4n) is 1.18. The van der Waals surface area contributed by atoms with E-state index in [-0.39, 0.29) is 11.8 Å². The molecule has 0 bridgehead atoms. The number of hydrogen-bond acceptors (Lipinski definition) is 4. The zero-order chi connectivity index (χ0) is 10.8. The predicted octanol–water partition coefficient (Wildman–Crippen LogP) is 1.71. The van der Waals surface area contributed by atoms with Crippen molar-refractivity contribution in [3.05, 3.63) is 17.8 Å². The van der Waals surface area contributed by atoms with Crippen LogP contribution in [0.15, 0.2) is 16.7 Å². The molecule has 0 aliphatic heterocycles. The van der Waals surface area contributed by atoms with Gasteiger partial charge < -0.3 is 9.84 Å². The molecule has 2 aromatic rings. The SMILES string of the molecule is Cc1ccc2c(NC(=O)CCl)noc2n1. The standard InChI is InChI=1S/C9H8ClN3O2/c1-5-2-3-6-8(12-7(14)4-10)13-15-9(6)11-5/h2-3H,4H2,1H3,(H,12,13,14). The molecular weight excluding hydrogens is 218 g/mol. The van der Waals surface area contributed by atoms with E-state index in [9.17, 15) is 4.79 Å². The fourth-order valence-corrected chi connectivity index (χ4v) is 1.24. The molecule has 5 nitrogen and oxygen atoms in total. The van der Waals surface area contributed by atoms with Gasteiger partial charge >= 0.3 is 0 Å². The maximum Gasteiger partial charge on any atom is 0.260 e. The first kappa shape index (κ1) is 9.92. The zero-order valence-corrected chi connectivity index (χ0v) is 8.71. The molecule has 1 N–H and O–H groups in total. The van der Waals surface area contributed by atoms with E-state index in [1.54, 1.807) is 6.07 Å². The number of amides is 1. The van der Waals surface area contributed by atoms with Gasteiger partial charge in [-0.15, -0.1) is 11.6 Å². The molecule has 6 heteroatoms. The monoisotopic (exact) mass is 225 g/mol. The summed E-state index contributed by atoms with van der Waals surface area (Å²) in [6.07, 6.45) is 0. The van der Waals surface area contributed by atoms with Gasteiger partial charge in [0.2, 0.25) is 5.91 Å². The Morgan fingerprint density at radius 1 is 1.60 bits per heavy atom. The van der Waals surface area contributed by atoms with Crippen LogP contribution in [-0.4, -0.2) is 21.9 Å². The van der Waals surface area contributed by atoms with Gasteiger partial charge in [-0.25, -0.2) is 4.98 Å². The molecule has 0 radical (unpaired) electrons. The number of halogens is 1. The number of pyridine rings is 1. The third kappa shape index (κ3) is 1.92. The molecule has 0 spiro atoms. The number of rotatable bonds is 2. The molecular formula is C9H8ClN3O2. The second-order valence-electron chi connectivity index (χ2n) is 3.02. The number of carbonyl (C=O) groups excluding carboxylic acids is 1. The third-order valence-electron chi connectivity index (χ3n) is 1.86. The van der Waals surface area contributed by atoms with Crippen LogP contribution in [0.25, 0.3) is 11.1 Å². The van der Waals surface area contributed by atoms with Crippen molar-refractivity contribution in [2.45, 2.75) is 6.92 Å². The van der Waals surface area contributed by atoms with Gasteiger partial charge in [-0.3, -0.25) is 4.79 Å². The molecule has 0 saturated carbocycles. The van der Waals surface area contributed by atoms with E-state index in [1.807, 2.05) is 13.0 Å². The average Bonchev–Trinajstić information content (AvgIpc) is 2.60. The topological polar surface area (TPSA) is 68.0 Å². The highest BCUT2D eigenvalue weighted by Gasteiger charge is 2.11. The minimum atomic E-state index is -0.326. The van der Waals surface area contributed by atoms with Gasteiger partial charge in [0.1, 0.15) is 5.88 Å². The normalized spacial score (nSPS) is 10.5. The summed E-state index contributed by atoms with van der Waals surface area (Å²) in [5.74, 6) is -0.0937. The van der Waals surface area contributed by atoms with Gasteiger partial charge in [-0.1, -0.05) is 5.16 Å². The van der Waals surface area contributed by atoms with Gasteiger partial charge in [0.05, 0.1) is 5.39 Å². The Morgan fingerprint density at radius 2 is 2.40 bits per heavy atom. The minimum absolute atomic E-state index is 0.117. The predicted molar refractivity (Wildman–Crippen MR) is 55.9 cm³/mol. The van der Waals surface area contributed by atoms with E-state index < -0.39 is 0 Å². The highest BCUT2D eigenvalue weighted by molar-refractivity contribution is 6.29. The van der Waals surface area contributed by atoms with E-state index in [4.69, 9.17) is 16.1 Å².